The number of piperazine rings is 1. The molecule has 29 heavy (non-hydrogen) atoms. The van der Waals surface area contributed by atoms with Crippen molar-refractivity contribution in [1.29, 1.82) is 0 Å². The zero-order chi connectivity index (χ0) is 20.1. The summed E-state index contributed by atoms with van der Waals surface area (Å²) in [7, 11) is 0. The van der Waals surface area contributed by atoms with E-state index < -0.39 is 0 Å². The van der Waals surface area contributed by atoms with E-state index in [2.05, 4.69) is 17.4 Å². The van der Waals surface area contributed by atoms with Gasteiger partial charge in [-0.1, -0.05) is 12.1 Å². The Morgan fingerprint density at radius 2 is 2.00 bits per heavy atom. The van der Waals surface area contributed by atoms with Crippen molar-refractivity contribution in [2.75, 3.05) is 32.7 Å². The zero-order valence-electron chi connectivity index (χ0n) is 17.3. The van der Waals surface area contributed by atoms with Gasteiger partial charge >= 0.3 is 0 Å². The normalized spacial score (nSPS) is 23.4. The Balaban J connectivity index is 1.28. The molecule has 2 saturated heterocycles. The number of carbonyl (C=O) groups is 2. The van der Waals surface area contributed by atoms with Crippen LogP contribution in [0.15, 0.2) is 24.3 Å². The molecule has 3 fully saturated rings. The van der Waals surface area contributed by atoms with Crippen LogP contribution in [0.4, 0.5) is 0 Å². The summed E-state index contributed by atoms with van der Waals surface area (Å²) >= 11 is 0. The van der Waals surface area contributed by atoms with E-state index in [1.54, 1.807) is 0 Å². The Labute approximate surface area is 173 Å². The van der Waals surface area contributed by atoms with Crippen LogP contribution in [0.25, 0.3) is 0 Å². The van der Waals surface area contributed by atoms with E-state index in [0.717, 1.165) is 63.1 Å². The minimum absolute atomic E-state index is 0.162. The van der Waals surface area contributed by atoms with Crippen LogP contribution in [0.3, 0.4) is 0 Å². The summed E-state index contributed by atoms with van der Waals surface area (Å²) in [4.78, 5) is 28.9. The molecule has 2 heterocycles. The number of benzene rings is 1. The molecule has 1 aromatic carbocycles. The number of likely N-dealkylation sites (tertiary alicyclic amines) is 1. The molecule has 0 bridgehead atoms. The first-order valence-electron chi connectivity index (χ1n) is 11.2. The molecule has 0 aromatic heterocycles. The average Bonchev–Trinajstić information content (AvgIpc) is 3.26. The largest absolute Gasteiger partial charge is 0.490 e. The second-order valence-corrected chi connectivity index (χ2v) is 8.57. The fourth-order valence-corrected chi connectivity index (χ4v) is 4.83. The van der Waals surface area contributed by atoms with Gasteiger partial charge < -0.3 is 19.9 Å². The predicted molar refractivity (Wildman–Crippen MR) is 112 cm³/mol. The van der Waals surface area contributed by atoms with E-state index in [9.17, 15) is 9.59 Å². The monoisotopic (exact) mass is 399 g/mol. The molecule has 1 aliphatic carbocycles. The fourth-order valence-electron chi connectivity index (χ4n) is 4.83. The highest BCUT2D eigenvalue weighted by Gasteiger charge is 2.31. The number of nitrogens with zero attached hydrogens (tertiary/aromatic N) is 2. The second kappa shape index (κ2) is 9.61. The number of nitrogens with one attached hydrogen (secondary N) is 1. The van der Waals surface area contributed by atoms with Gasteiger partial charge in [-0.3, -0.25) is 9.59 Å². The van der Waals surface area contributed by atoms with Gasteiger partial charge in [0, 0.05) is 38.6 Å². The Bertz CT molecular complexity index is 717. The van der Waals surface area contributed by atoms with Gasteiger partial charge in [-0.05, 0) is 62.6 Å². The maximum absolute atomic E-state index is 12.8. The highest BCUT2D eigenvalue weighted by molar-refractivity contribution is 5.80. The smallest absolute Gasteiger partial charge is 0.236 e. The van der Waals surface area contributed by atoms with Crippen LogP contribution in [0.5, 0.6) is 5.75 Å². The van der Waals surface area contributed by atoms with Crippen LogP contribution < -0.4 is 10.1 Å². The molecule has 1 N–H and O–H groups in total. The number of hydrogen-bond donors (Lipinski definition) is 1. The summed E-state index contributed by atoms with van der Waals surface area (Å²) in [6.45, 7) is 3.49. The van der Waals surface area contributed by atoms with Gasteiger partial charge in [0.25, 0.3) is 0 Å². The van der Waals surface area contributed by atoms with Crippen LogP contribution in [-0.2, 0) is 16.0 Å². The van der Waals surface area contributed by atoms with Gasteiger partial charge in [-0.25, -0.2) is 0 Å². The molecule has 3 aliphatic rings. The molecule has 6 heteroatoms. The standard InChI is InChI=1S/C23H33N3O3/c27-22(25-13-4-6-19(17-25)26-14-12-24-16-23(26)28)11-10-18-5-3-9-21(15-18)29-20-7-1-2-8-20/h3,5,9,15,19-20,24H,1-2,4,6-8,10-14,16-17H2. The molecular weight excluding hydrogens is 366 g/mol. The van der Waals surface area contributed by atoms with Gasteiger partial charge in [0.2, 0.25) is 11.8 Å². The molecule has 1 aromatic rings. The van der Waals surface area contributed by atoms with E-state index in [1.807, 2.05) is 21.9 Å². The summed E-state index contributed by atoms with van der Waals surface area (Å²) < 4.78 is 6.09. The molecule has 4 rings (SSSR count). The number of amides is 2. The van der Waals surface area contributed by atoms with Crippen LogP contribution >= 0.6 is 0 Å². The molecule has 6 nitrogen and oxygen atoms in total. The molecule has 0 spiro atoms. The number of hydrogen-bond acceptors (Lipinski definition) is 4. The van der Waals surface area contributed by atoms with Crippen LogP contribution in [0.1, 0.15) is 50.5 Å². The Morgan fingerprint density at radius 1 is 1.14 bits per heavy atom. The van der Waals surface area contributed by atoms with Crippen molar-refractivity contribution in [3.05, 3.63) is 29.8 Å². The summed E-state index contributed by atoms with van der Waals surface area (Å²) in [5.74, 6) is 1.28. The van der Waals surface area contributed by atoms with E-state index in [-0.39, 0.29) is 17.9 Å². The molecule has 1 unspecified atom stereocenters. The van der Waals surface area contributed by atoms with Crippen LogP contribution in [0.2, 0.25) is 0 Å². The molecule has 1 atom stereocenters. The number of ether oxygens (including phenoxy) is 1. The maximum atomic E-state index is 12.8. The lowest BCUT2D eigenvalue weighted by Crippen LogP contribution is -2.57. The highest BCUT2D eigenvalue weighted by Crippen LogP contribution is 2.25. The minimum Gasteiger partial charge on any atom is -0.490 e. The predicted octanol–water partition coefficient (Wildman–Crippen LogP) is 2.36. The number of aryl methyl sites for hydroxylation is 1. The van der Waals surface area contributed by atoms with Crippen molar-refractivity contribution < 1.29 is 14.3 Å². The molecule has 2 amide bonds. The summed E-state index contributed by atoms with van der Waals surface area (Å²) in [6, 6.07) is 8.38. The summed E-state index contributed by atoms with van der Waals surface area (Å²) in [5, 5.41) is 3.12. The molecule has 2 aliphatic heterocycles. The molecule has 0 radical (unpaired) electrons. The van der Waals surface area contributed by atoms with E-state index >= 15 is 0 Å². The van der Waals surface area contributed by atoms with Crippen molar-refractivity contribution in [3.63, 3.8) is 0 Å². The van der Waals surface area contributed by atoms with Crippen molar-refractivity contribution >= 4 is 11.8 Å². The van der Waals surface area contributed by atoms with Crippen molar-refractivity contribution in [1.82, 2.24) is 15.1 Å². The van der Waals surface area contributed by atoms with Gasteiger partial charge in [-0.2, -0.15) is 0 Å². The van der Waals surface area contributed by atoms with Crippen molar-refractivity contribution in [2.45, 2.75) is 63.5 Å². The number of carbonyl (C=O) groups excluding carboxylic acids is 2. The van der Waals surface area contributed by atoms with Gasteiger partial charge in [-0.15, -0.1) is 0 Å². The molecule has 1 saturated carbocycles. The van der Waals surface area contributed by atoms with Crippen molar-refractivity contribution in [2.24, 2.45) is 0 Å². The molecule has 158 valence electrons. The fraction of sp³-hybridized carbons (Fsp3) is 0.652. The Morgan fingerprint density at radius 3 is 2.83 bits per heavy atom. The Hall–Kier alpha value is -2.08. The third kappa shape index (κ3) is 5.30. The highest BCUT2D eigenvalue weighted by atomic mass is 16.5. The summed E-state index contributed by atoms with van der Waals surface area (Å²) in [6.07, 6.45) is 8.37. The molecular formula is C23H33N3O3. The summed E-state index contributed by atoms with van der Waals surface area (Å²) in [5.41, 5.74) is 1.15. The number of rotatable bonds is 6. The van der Waals surface area contributed by atoms with Crippen LogP contribution in [-0.4, -0.2) is 66.5 Å². The average molecular weight is 400 g/mol. The van der Waals surface area contributed by atoms with E-state index in [1.165, 1.54) is 12.8 Å². The first-order chi connectivity index (χ1) is 14.2. The lowest BCUT2D eigenvalue weighted by atomic mass is 10.0. The third-order valence-corrected chi connectivity index (χ3v) is 6.45. The maximum Gasteiger partial charge on any atom is 0.236 e. The second-order valence-electron chi connectivity index (χ2n) is 8.57. The van der Waals surface area contributed by atoms with E-state index in [4.69, 9.17) is 4.74 Å². The third-order valence-electron chi connectivity index (χ3n) is 6.45. The van der Waals surface area contributed by atoms with Gasteiger partial charge in [0.15, 0.2) is 0 Å². The lowest BCUT2D eigenvalue weighted by molar-refractivity contribution is -0.140. The van der Waals surface area contributed by atoms with Crippen LogP contribution in [0, 0.1) is 0 Å². The van der Waals surface area contributed by atoms with E-state index in [0.29, 0.717) is 25.6 Å². The quantitative estimate of drug-likeness (QED) is 0.798. The van der Waals surface area contributed by atoms with Gasteiger partial charge in [0.05, 0.1) is 12.6 Å². The minimum atomic E-state index is 0.162. The number of piperidine rings is 1. The van der Waals surface area contributed by atoms with Gasteiger partial charge in [0.1, 0.15) is 5.75 Å². The van der Waals surface area contributed by atoms with Crippen molar-refractivity contribution in [3.8, 4) is 5.75 Å². The topological polar surface area (TPSA) is 61.9 Å². The zero-order valence-corrected chi connectivity index (χ0v) is 17.3. The first kappa shape index (κ1) is 20.2. The Kier molecular flexibility index (Phi) is 6.70. The first-order valence-corrected chi connectivity index (χ1v) is 11.2. The SMILES string of the molecule is O=C(CCc1cccc(OC2CCCC2)c1)N1CCCC(N2CCNCC2=O)C1. The lowest BCUT2D eigenvalue weighted by Gasteiger charge is -2.41.